The second-order valence-electron chi connectivity index (χ2n) is 7.19. The van der Waals surface area contributed by atoms with Gasteiger partial charge in [-0.1, -0.05) is 24.3 Å². The van der Waals surface area contributed by atoms with Crippen LogP contribution in [0.4, 0.5) is 10.5 Å². The van der Waals surface area contributed by atoms with Crippen LogP contribution in [0.1, 0.15) is 21.5 Å². The van der Waals surface area contributed by atoms with Crippen LogP contribution in [0.5, 0.6) is 0 Å². The molecular weight excluding hydrogens is 386 g/mol. The van der Waals surface area contributed by atoms with Crippen molar-refractivity contribution in [3.63, 3.8) is 0 Å². The summed E-state index contributed by atoms with van der Waals surface area (Å²) in [5, 5.41) is 2.87. The van der Waals surface area contributed by atoms with E-state index in [4.69, 9.17) is 4.74 Å². The van der Waals surface area contributed by atoms with Crippen LogP contribution < -0.4 is 10.2 Å². The van der Waals surface area contributed by atoms with E-state index in [9.17, 15) is 14.4 Å². The molecule has 3 rings (SSSR count). The van der Waals surface area contributed by atoms with Crippen LogP contribution in [0, 0.1) is 0 Å². The summed E-state index contributed by atoms with van der Waals surface area (Å²) in [6.45, 7) is 0.569. The van der Waals surface area contributed by atoms with Crippen LogP contribution >= 0.6 is 0 Å². The van der Waals surface area contributed by atoms with Crippen LogP contribution in [0.2, 0.25) is 0 Å². The summed E-state index contributed by atoms with van der Waals surface area (Å²) >= 11 is 0. The summed E-state index contributed by atoms with van der Waals surface area (Å²) in [6, 6.07) is 13.8. The topological polar surface area (TPSA) is 88.2 Å². The molecule has 2 aromatic rings. The summed E-state index contributed by atoms with van der Waals surface area (Å²) < 4.78 is 9.77. The number of hydrogen-bond acceptors (Lipinski definition) is 6. The fourth-order valence-electron chi connectivity index (χ4n) is 3.12. The molecule has 1 N–H and O–H groups in total. The minimum absolute atomic E-state index is 0.00444. The number of carbonyl (C=O) groups excluding carboxylic acids is 3. The third-order valence-corrected chi connectivity index (χ3v) is 4.93. The zero-order valence-electron chi connectivity index (χ0n) is 17.3. The number of anilines is 1. The van der Waals surface area contributed by atoms with Crippen molar-refractivity contribution in [2.75, 3.05) is 32.7 Å². The molecule has 0 bridgehead atoms. The molecule has 0 aliphatic carbocycles. The van der Waals surface area contributed by atoms with Crippen molar-refractivity contribution in [3.8, 4) is 0 Å². The number of esters is 1. The molecule has 1 aliphatic rings. The molecule has 0 aromatic heterocycles. The largest absolute Gasteiger partial charge is 0.465 e. The highest BCUT2D eigenvalue weighted by atomic mass is 16.6. The first-order valence-electron chi connectivity index (χ1n) is 9.53. The van der Waals surface area contributed by atoms with Gasteiger partial charge in [0.05, 0.1) is 19.2 Å². The molecule has 158 valence electrons. The summed E-state index contributed by atoms with van der Waals surface area (Å²) in [7, 11) is 5.24. The quantitative estimate of drug-likeness (QED) is 0.703. The molecule has 8 nitrogen and oxygen atoms in total. The third kappa shape index (κ3) is 4.89. The number of cyclic esters (lactones) is 1. The Morgan fingerprint density at radius 2 is 1.73 bits per heavy atom. The molecule has 0 saturated carbocycles. The van der Waals surface area contributed by atoms with E-state index in [0.717, 1.165) is 16.8 Å². The van der Waals surface area contributed by atoms with Gasteiger partial charge in [-0.2, -0.15) is 0 Å². The molecule has 8 heteroatoms. The van der Waals surface area contributed by atoms with Crippen LogP contribution in [0.15, 0.2) is 48.5 Å². The second-order valence-corrected chi connectivity index (χ2v) is 7.19. The van der Waals surface area contributed by atoms with Crippen molar-refractivity contribution in [3.05, 3.63) is 65.2 Å². The van der Waals surface area contributed by atoms with Crippen molar-refractivity contribution in [1.82, 2.24) is 10.2 Å². The monoisotopic (exact) mass is 411 g/mol. The van der Waals surface area contributed by atoms with E-state index in [-0.39, 0.29) is 19.1 Å². The first kappa shape index (κ1) is 21.2. The van der Waals surface area contributed by atoms with E-state index in [2.05, 4.69) is 10.1 Å². The second kappa shape index (κ2) is 9.30. The maximum absolute atomic E-state index is 12.7. The van der Waals surface area contributed by atoms with E-state index < -0.39 is 18.1 Å². The smallest absolute Gasteiger partial charge is 0.410 e. The number of methoxy groups -OCH3 is 1. The zero-order chi connectivity index (χ0) is 21.7. The predicted octanol–water partition coefficient (Wildman–Crippen LogP) is 2.18. The Balaban J connectivity index is 1.61. The Hall–Kier alpha value is -3.55. The Morgan fingerprint density at radius 3 is 2.33 bits per heavy atom. The van der Waals surface area contributed by atoms with Gasteiger partial charge < -0.3 is 19.7 Å². The first-order valence-corrected chi connectivity index (χ1v) is 9.53. The van der Waals surface area contributed by atoms with Gasteiger partial charge in [-0.15, -0.1) is 0 Å². The summed E-state index contributed by atoms with van der Waals surface area (Å²) in [5.74, 6) is -0.707. The molecule has 2 amide bonds. The maximum atomic E-state index is 12.7. The number of benzene rings is 2. The summed E-state index contributed by atoms with van der Waals surface area (Å²) in [5.41, 5.74) is 3.23. The molecule has 1 atom stereocenters. The van der Waals surface area contributed by atoms with Gasteiger partial charge in [0.25, 0.3) is 0 Å². The molecule has 30 heavy (non-hydrogen) atoms. The van der Waals surface area contributed by atoms with E-state index in [0.29, 0.717) is 12.1 Å². The predicted molar refractivity (Wildman–Crippen MR) is 111 cm³/mol. The average Bonchev–Trinajstić information content (AvgIpc) is 3.12. The lowest BCUT2D eigenvalue weighted by Gasteiger charge is -2.21. The molecule has 1 heterocycles. The van der Waals surface area contributed by atoms with Crippen molar-refractivity contribution in [2.24, 2.45) is 0 Å². The van der Waals surface area contributed by atoms with E-state index in [1.165, 1.54) is 12.0 Å². The van der Waals surface area contributed by atoms with Crippen molar-refractivity contribution >= 4 is 23.7 Å². The van der Waals surface area contributed by atoms with Gasteiger partial charge in [-0.25, -0.2) is 9.59 Å². The van der Waals surface area contributed by atoms with E-state index in [1.54, 1.807) is 24.3 Å². The van der Waals surface area contributed by atoms with Gasteiger partial charge in [0.2, 0.25) is 5.91 Å². The average molecular weight is 411 g/mol. The fourth-order valence-corrected chi connectivity index (χ4v) is 3.12. The Morgan fingerprint density at radius 1 is 1.10 bits per heavy atom. The highest BCUT2D eigenvalue weighted by Gasteiger charge is 2.37. The van der Waals surface area contributed by atoms with Crippen LogP contribution in [-0.4, -0.2) is 56.7 Å². The molecule has 0 spiro atoms. The number of rotatable bonds is 7. The minimum atomic E-state index is -0.709. The van der Waals surface area contributed by atoms with E-state index >= 15 is 0 Å². The number of hydrogen-bond donors (Lipinski definition) is 1. The Bertz CT molecular complexity index is 909. The van der Waals surface area contributed by atoms with Gasteiger partial charge in [0.15, 0.2) is 0 Å². The highest BCUT2D eigenvalue weighted by Crippen LogP contribution is 2.18. The zero-order valence-corrected chi connectivity index (χ0v) is 17.3. The molecular formula is C22H25N3O5. The SMILES string of the molecule is COC(=O)c1ccc(CN2C(=O)OC[C@H]2C(=O)NCc2ccc(N(C)C)cc2)cc1. The number of ether oxygens (including phenoxy) is 2. The maximum Gasteiger partial charge on any atom is 0.410 e. The number of carbonyl (C=O) groups is 3. The number of nitrogens with zero attached hydrogens (tertiary/aromatic N) is 2. The van der Waals surface area contributed by atoms with Crippen LogP contribution in [0.3, 0.4) is 0 Å². The molecule has 2 aromatic carbocycles. The Kier molecular flexibility index (Phi) is 6.56. The molecule has 0 radical (unpaired) electrons. The lowest BCUT2D eigenvalue weighted by molar-refractivity contribution is -0.125. The molecule has 1 saturated heterocycles. The molecule has 1 aliphatic heterocycles. The van der Waals surface area contributed by atoms with Crippen molar-refractivity contribution in [2.45, 2.75) is 19.1 Å². The Labute approximate surface area is 175 Å². The van der Waals surface area contributed by atoms with Gasteiger partial charge >= 0.3 is 12.1 Å². The standard InChI is InChI=1S/C22H25N3O5/c1-24(2)18-10-6-15(7-11-18)12-23-20(26)19-14-30-22(28)25(19)13-16-4-8-17(9-5-16)21(27)29-3/h4-11,19H,12-14H2,1-3H3,(H,23,26)/t19-/m0/s1. The molecule has 1 fully saturated rings. The number of nitrogens with one attached hydrogen (secondary N) is 1. The van der Waals surface area contributed by atoms with Gasteiger partial charge in [0.1, 0.15) is 12.6 Å². The van der Waals surface area contributed by atoms with Crippen molar-refractivity contribution in [1.29, 1.82) is 0 Å². The van der Waals surface area contributed by atoms with Gasteiger partial charge in [-0.05, 0) is 35.4 Å². The van der Waals surface area contributed by atoms with Gasteiger partial charge in [0, 0.05) is 26.3 Å². The lowest BCUT2D eigenvalue weighted by Crippen LogP contribution is -2.45. The fraction of sp³-hybridized carbons (Fsp3) is 0.318. The summed E-state index contributed by atoms with van der Waals surface area (Å²) in [4.78, 5) is 39.7. The van der Waals surface area contributed by atoms with Crippen LogP contribution in [0.25, 0.3) is 0 Å². The number of amides is 2. The third-order valence-electron chi connectivity index (χ3n) is 4.93. The molecule has 0 unspecified atom stereocenters. The first-order chi connectivity index (χ1) is 14.4. The lowest BCUT2D eigenvalue weighted by atomic mass is 10.1. The van der Waals surface area contributed by atoms with Gasteiger partial charge in [-0.3, -0.25) is 9.69 Å². The summed E-state index contributed by atoms with van der Waals surface area (Å²) in [6.07, 6.45) is -0.539. The minimum Gasteiger partial charge on any atom is -0.465 e. The van der Waals surface area contributed by atoms with E-state index in [1.807, 2.05) is 43.3 Å². The highest BCUT2D eigenvalue weighted by molar-refractivity contribution is 5.89. The van der Waals surface area contributed by atoms with Crippen LogP contribution in [-0.2, 0) is 27.4 Å². The van der Waals surface area contributed by atoms with Crippen molar-refractivity contribution < 1.29 is 23.9 Å². The normalized spacial score (nSPS) is 15.5.